The molecule has 1 amide bonds. The van der Waals surface area contributed by atoms with E-state index in [-0.39, 0.29) is 12.4 Å². The average Bonchev–Trinajstić information content (AvgIpc) is 3.32. The molecule has 0 spiro atoms. The van der Waals surface area contributed by atoms with Gasteiger partial charge < -0.3 is 52.0 Å². The highest BCUT2D eigenvalue weighted by molar-refractivity contribution is 5.97. The zero-order chi connectivity index (χ0) is 23.3. The molecule has 4 N–H and O–H groups in total. The molecule has 3 aromatic rings. The summed E-state index contributed by atoms with van der Waals surface area (Å²) in [7, 11) is 6.07. The van der Waals surface area contributed by atoms with Crippen molar-refractivity contribution in [3.8, 4) is 45.4 Å². The van der Waals surface area contributed by atoms with Gasteiger partial charge in [0.05, 0.1) is 40.7 Å². The van der Waals surface area contributed by atoms with E-state index in [4.69, 9.17) is 34.3 Å². The fourth-order valence-electron chi connectivity index (χ4n) is 3.15. The predicted octanol–water partition coefficient (Wildman–Crippen LogP) is -0.695. The van der Waals surface area contributed by atoms with Crippen LogP contribution in [0.5, 0.6) is 23.0 Å². The van der Waals surface area contributed by atoms with Crippen molar-refractivity contribution in [3.63, 3.8) is 0 Å². The van der Waals surface area contributed by atoms with E-state index in [0.29, 0.717) is 45.5 Å². The summed E-state index contributed by atoms with van der Waals surface area (Å²) in [6.45, 7) is -0.484. The van der Waals surface area contributed by atoms with Crippen LogP contribution in [0.1, 0.15) is 0 Å². The minimum Gasteiger partial charge on any atom is -1.00 e. The molecule has 10 nitrogen and oxygen atoms in total. The highest BCUT2D eigenvalue weighted by Gasteiger charge is 2.20. The number of carbonyl (C=O) groups is 1. The molecular formula is C22H25ClN3O7-. The quantitative estimate of drug-likeness (QED) is 0.364. The number of methoxy groups -OCH3 is 4. The highest BCUT2D eigenvalue weighted by Crippen LogP contribution is 2.43. The number of aliphatic hydroxyl groups excluding tert-OH is 1. The number of carbonyl (C=O) groups excluding carboxylic acids is 1. The Labute approximate surface area is 197 Å². The number of nitrogens with zero attached hydrogens (tertiary/aromatic N) is 1. The SMILES string of the molecule is COc1ccc(-c2nocc2-c2cc(OC)c(OC)c(OC)c2)cc1NC(=O)[C@@H](N)CO.[Cl-]. The van der Waals surface area contributed by atoms with Crippen molar-refractivity contribution >= 4 is 11.6 Å². The minimum atomic E-state index is -1.06. The fraction of sp³-hybridized carbons (Fsp3) is 0.273. The number of ether oxygens (including phenoxy) is 4. The van der Waals surface area contributed by atoms with E-state index in [2.05, 4.69) is 10.5 Å². The van der Waals surface area contributed by atoms with Crippen LogP contribution in [0.4, 0.5) is 5.69 Å². The predicted molar refractivity (Wildman–Crippen MR) is 117 cm³/mol. The van der Waals surface area contributed by atoms with Gasteiger partial charge in [0.1, 0.15) is 23.7 Å². The fourth-order valence-corrected chi connectivity index (χ4v) is 3.15. The summed E-state index contributed by atoms with van der Waals surface area (Å²) >= 11 is 0. The maximum atomic E-state index is 12.2. The van der Waals surface area contributed by atoms with Gasteiger partial charge in [0.15, 0.2) is 11.5 Å². The summed E-state index contributed by atoms with van der Waals surface area (Å²) in [6.07, 6.45) is 1.50. The number of hydrogen-bond donors (Lipinski definition) is 3. The van der Waals surface area contributed by atoms with Crippen molar-refractivity contribution in [3.05, 3.63) is 36.6 Å². The molecule has 33 heavy (non-hydrogen) atoms. The summed E-state index contributed by atoms with van der Waals surface area (Å²) in [5.74, 6) is 1.30. The number of nitrogens with one attached hydrogen (secondary N) is 1. The number of benzene rings is 2. The van der Waals surface area contributed by atoms with Gasteiger partial charge in [0.25, 0.3) is 0 Å². The number of aromatic nitrogens is 1. The molecule has 1 heterocycles. The van der Waals surface area contributed by atoms with Crippen molar-refractivity contribution in [2.45, 2.75) is 6.04 Å². The Balaban J connectivity index is 0.00000385. The van der Waals surface area contributed by atoms with Crippen molar-refractivity contribution in [1.29, 1.82) is 0 Å². The molecule has 0 saturated heterocycles. The topological polar surface area (TPSA) is 138 Å². The summed E-state index contributed by atoms with van der Waals surface area (Å²) in [6, 6.07) is 7.64. The van der Waals surface area contributed by atoms with Crippen LogP contribution >= 0.6 is 0 Å². The van der Waals surface area contributed by atoms with Gasteiger partial charge in [-0.3, -0.25) is 4.79 Å². The third kappa shape index (κ3) is 5.30. The van der Waals surface area contributed by atoms with Gasteiger partial charge in [-0.15, -0.1) is 0 Å². The van der Waals surface area contributed by atoms with Gasteiger partial charge in [-0.1, -0.05) is 5.16 Å². The van der Waals surface area contributed by atoms with Gasteiger partial charge >= 0.3 is 0 Å². The molecule has 2 aromatic carbocycles. The molecule has 0 fully saturated rings. The molecule has 0 radical (unpaired) electrons. The molecule has 0 bridgehead atoms. The number of hydrogen-bond acceptors (Lipinski definition) is 9. The maximum Gasteiger partial charge on any atom is 0.243 e. The van der Waals surface area contributed by atoms with Gasteiger partial charge in [-0.05, 0) is 35.9 Å². The molecule has 0 aliphatic rings. The lowest BCUT2D eigenvalue weighted by Gasteiger charge is -2.15. The van der Waals surface area contributed by atoms with E-state index in [1.807, 2.05) is 0 Å². The molecule has 0 saturated carbocycles. The molecule has 1 atom stereocenters. The summed E-state index contributed by atoms with van der Waals surface area (Å²) in [5.41, 5.74) is 8.53. The van der Waals surface area contributed by atoms with E-state index >= 15 is 0 Å². The van der Waals surface area contributed by atoms with Crippen LogP contribution in [0.2, 0.25) is 0 Å². The van der Waals surface area contributed by atoms with Gasteiger partial charge in [0.2, 0.25) is 11.7 Å². The lowest BCUT2D eigenvalue weighted by Crippen LogP contribution is -3.00. The summed E-state index contributed by atoms with van der Waals surface area (Å²) in [4.78, 5) is 12.2. The summed E-state index contributed by atoms with van der Waals surface area (Å²) < 4.78 is 26.8. The first-order valence-electron chi connectivity index (χ1n) is 9.57. The largest absolute Gasteiger partial charge is 1.00 e. The van der Waals surface area contributed by atoms with Crippen LogP contribution in [-0.4, -0.2) is 57.3 Å². The smallest absolute Gasteiger partial charge is 0.243 e. The first-order valence-corrected chi connectivity index (χ1v) is 9.57. The number of aliphatic hydroxyl groups is 1. The molecule has 3 rings (SSSR count). The number of amides is 1. The lowest BCUT2D eigenvalue weighted by atomic mass is 10.0. The Morgan fingerprint density at radius 1 is 1.03 bits per heavy atom. The Hall–Kier alpha value is -3.47. The van der Waals surface area contributed by atoms with Crippen LogP contribution in [0.3, 0.4) is 0 Å². The first-order chi connectivity index (χ1) is 15.5. The van der Waals surface area contributed by atoms with E-state index in [0.717, 1.165) is 5.56 Å². The second-order valence-electron chi connectivity index (χ2n) is 6.68. The van der Waals surface area contributed by atoms with Crippen molar-refractivity contribution in [2.75, 3.05) is 40.4 Å². The van der Waals surface area contributed by atoms with Crippen LogP contribution in [0.15, 0.2) is 41.1 Å². The zero-order valence-electron chi connectivity index (χ0n) is 18.5. The number of halogens is 1. The van der Waals surface area contributed by atoms with Gasteiger partial charge in [-0.2, -0.15) is 0 Å². The Kier molecular flexibility index (Phi) is 8.92. The Morgan fingerprint density at radius 3 is 2.21 bits per heavy atom. The summed E-state index contributed by atoms with van der Waals surface area (Å²) in [5, 5.41) is 15.9. The number of anilines is 1. The molecule has 0 unspecified atom stereocenters. The second kappa shape index (κ2) is 11.4. The van der Waals surface area contributed by atoms with Gasteiger partial charge in [-0.25, -0.2) is 0 Å². The lowest BCUT2D eigenvalue weighted by molar-refractivity contribution is -0.118. The Morgan fingerprint density at radius 2 is 1.67 bits per heavy atom. The van der Waals surface area contributed by atoms with Crippen LogP contribution in [-0.2, 0) is 4.79 Å². The molecule has 11 heteroatoms. The van der Waals surface area contributed by atoms with Crippen molar-refractivity contribution < 1.29 is 45.8 Å². The van der Waals surface area contributed by atoms with Crippen LogP contribution in [0.25, 0.3) is 22.4 Å². The van der Waals surface area contributed by atoms with Gasteiger partial charge in [0, 0.05) is 11.1 Å². The normalized spacial score (nSPS) is 11.2. The Bertz CT molecular complexity index is 1080. The van der Waals surface area contributed by atoms with E-state index in [1.165, 1.54) is 34.7 Å². The van der Waals surface area contributed by atoms with Crippen LogP contribution < -0.4 is 42.4 Å². The standard InChI is InChI=1S/C22H25N3O7.ClH/c1-28-17-6-5-12(7-16(17)24-22(27)15(23)10-26)20-14(11-32-25-20)13-8-18(29-2)21(31-4)19(9-13)30-3;/h5-9,11,15,26H,10,23H2,1-4H3,(H,24,27);1H/p-1/t15-;/m0./s1. The monoisotopic (exact) mass is 478 g/mol. The molecule has 178 valence electrons. The van der Waals surface area contributed by atoms with Crippen LogP contribution in [0, 0.1) is 0 Å². The molecule has 0 aliphatic carbocycles. The highest BCUT2D eigenvalue weighted by atomic mass is 35.5. The minimum absolute atomic E-state index is 0. The molecular weight excluding hydrogens is 454 g/mol. The third-order valence-corrected chi connectivity index (χ3v) is 4.81. The second-order valence-corrected chi connectivity index (χ2v) is 6.68. The number of rotatable bonds is 9. The first kappa shape index (κ1) is 25.8. The van der Waals surface area contributed by atoms with E-state index < -0.39 is 18.6 Å². The maximum absolute atomic E-state index is 12.2. The van der Waals surface area contributed by atoms with Crippen molar-refractivity contribution in [1.82, 2.24) is 5.16 Å². The molecule has 1 aromatic heterocycles. The van der Waals surface area contributed by atoms with Crippen molar-refractivity contribution in [2.24, 2.45) is 5.73 Å². The molecule has 0 aliphatic heterocycles. The average molecular weight is 479 g/mol. The third-order valence-electron chi connectivity index (χ3n) is 4.81. The number of nitrogens with two attached hydrogens (primary N) is 1. The van der Waals surface area contributed by atoms with E-state index in [1.54, 1.807) is 30.3 Å². The van der Waals surface area contributed by atoms with E-state index in [9.17, 15) is 4.79 Å². The zero-order valence-corrected chi connectivity index (χ0v) is 19.3.